The van der Waals surface area contributed by atoms with Gasteiger partial charge >= 0.3 is 0 Å². The summed E-state index contributed by atoms with van der Waals surface area (Å²) in [7, 11) is 0. The van der Waals surface area contributed by atoms with E-state index in [2.05, 4.69) is 15.5 Å². The van der Waals surface area contributed by atoms with Crippen LogP contribution in [0, 0.1) is 22.9 Å². The monoisotopic (exact) mass is 477 g/mol. The van der Waals surface area contributed by atoms with E-state index in [1.54, 1.807) is 41.0 Å². The lowest BCUT2D eigenvalue weighted by molar-refractivity contribution is -0.384. The molecule has 0 saturated heterocycles. The first-order chi connectivity index (χ1) is 16.4. The van der Waals surface area contributed by atoms with E-state index in [1.807, 2.05) is 19.1 Å². The summed E-state index contributed by atoms with van der Waals surface area (Å²) >= 11 is 1.39. The van der Waals surface area contributed by atoms with Crippen molar-refractivity contribution in [3.8, 4) is 5.69 Å². The molecule has 10 heteroatoms. The summed E-state index contributed by atoms with van der Waals surface area (Å²) in [6, 6.07) is 19.5. The largest absolute Gasteiger partial charge is 0.345 e. The first-order valence-corrected chi connectivity index (χ1v) is 11.3. The van der Waals surface area contributed by atoms with Crippen molar-refractivity contribution < 1.29 is 14.1 Å². The Hall–Kier alpha value is -4.05. The van der Waals surface area contributed by atoms with Gasteiger partial charge in [-0.1, -0.05) is 42.1 Å². The molecule has 0 aliphatic carbocycles. The molecule has 0 saturated carbocycles. The Labute approximate surface area is 199 Å². The van der Waals surface area contributed by atoms with Crippen molar-refractivity contribution in [2.45, 2.75) is 24.4 Å². The van der Waals surface area contributed by atoms with Gasteiger partial charge in [-0.3, -0.25) is 19.5 Å². The molecule has 172 valence electrons. The van der Waals surface area contributed by atoms with Gasteiger partial charge in [0.1, 0.15) is 5.82 Å². The fourth-order valence-corrected chi connectivity index (χ4v) is 4.23. The average Bonchev–Trinajstić information content (AvgIpc) is 3.25. The van der Waals surface area contributed by atoms with E-state index in [4.69, 9.17) is 0 Å². The van der Waals surface area contributed by atoms with Crippen LogP contribution in [0.4, 0.5) is 10.1 Å². The lowest BCUT2D eigenvalue weighted by Gasteiger charge is -2.11. The van der Waals surface area contributed by atoms with Gasteiger partial charge in [0, 0.05) is 29.1 Å². The third kappa shape index (κ3) is 5.29. The molecule has 0 aliphatic heterocycles. The van der Waals surface area contributed by atoms with E-state index < -0.39 is 4.92 Å². The van der Waals surface area contributed by atoms with Crippen molar-refractivity contribution in [3.63, 3.8) is 0 Å². The highest BCUT2D eigenvalue weighted by Gasteiger charge is 2.17. The Kier molecular flexibility index (Phi) is 6.98. The van der Waals surface area contributed by atoms with Gasteiger partial charge in [-0.2, -0.15) is 0 Å². The second kappa shape index (κ2) is 10.3. The third-order valence-corrected chi connectivity index (χ3v) is 6.10. The second-order valence-corrected chi connectivity index (χ2v) is 8.36. The summed E-state index contributed by atoms with van der Waals surface area (Å²) in [5, 5.41) is 23.0. The number of halogens is 1. The molecule has 3 aromatic carbocycles. The van der Waals surface area contributed by atoms with Gasteiger partial charge in [-0.15, -0.1) is 10.2 Å². The number of hydrogen-bond donors (Lipinski definition) is 1. The van der Waals surface area contributed by atoms with Crippen molar-refractivity contribution in [3.05, 3.63) is 111 Å². The summed E-state index contributed by atoms with van der Waals surface area (Å²) in [5.74, 6) is 0.435. The van der Waals surface area contributed by atoms with Gasteiger partial charge in [0.2, 0.25) is 0 Å². The minimum absolute atomic E-state index is 0.0354. The summed E-state index contributed by atoms with van der Waals surface area (Å²) in [6.07, 6.45) is 0. The predicted molar refractivity (Wildman–Crippen MR) is 126 cm³/mol. The first kappa shape index (κ1) is 23.1. The fraction of sp³-hybridized carbons (Fsp3) is 0.125. The van der Waals surface area contributed by atoms with Gasteiger partial charge in [-0.25, -0.2) is 4.39 Å². The van der Waals surface area contributed by atoms with Gasteiger partial charge in [0.15, 0.2) is 11.0 Å². The van der Waals surface area contributed by atoms with E-state index in [-0.39, 0.29) is 24.0 Å². The van der Waals surface area contributed by atoms with Crippen LogP contribution in [0.2, 0.25) is 0 Å². The average molecular weight is 478 g/mol. The fourth-order valence-electron chi connectivity index (χ4n) is 3.30. The van der Waals surface area contributed by atoms with Crippen LogP contribution in [-0.4, -0.2) is 25.6 Å². The van der Waals surface area contributed by atoms with Crippen LogP contribution in [-0.2, 0) is 12.3 Å². The maximum absolute atomic E-state index is 13.2. The first-order valence-electron chi connectivity index (χ1n) is 10.3. The molecule has 0 atom stereocenters. The standard InChI is InChI=1S/C24H20FN5O3S/c1-16-4-2-3-5-21(16)23(31)26-14-22-27-28-24(34-15-17-6-8-18(25)9-7-17)29(22)19-10-12-20(13-11-19)30(32)33/h2-13H,14-15H2,1H3,(H,26,31). The number of non-ortho nitro benzene ring substituents is 1. The minimum Gasteiger partial charge on any atom is -0.345 e. The van der Waals surface area contributed by atoms with Crippen molar-refractivity contribution >= 4 is 23.4 Å². The van der Waals surface area contributed by atoms with Crippen molar-refractivity contribution in [1.82, 2.24) is 20.1 Å². The molecule has 4 aromatic rings. The van der Waals surface area contributed by atoms with Crippen molar-refractivity contribution in [2.24, 2.45) is 0 Å². The Morgan fingerprint density at radius 3 is 2.44 bits per heavy atom. The Balaban J connectivity index is 1.60. The van der Waals surface area contributed by atoms with E-state index in [0.29, 0.717) is 28.0 Å². The molecule has 0 spiro atoms. The highest BCUT2D eigenvalue weighted by atomic mass is 32.2. The number of nitro benzene ring substituents is 1. The van der Waals surface area contributed by atoms with Gasteiger partial charge < -0.3 is 5.32 Å². The number of nitrogens with one attached hydrogen (secondary N) is 1. The molecule has 4 rings (SSSR count). The maximum Gasteiger partial charge on any atom is 0.269 e. The molecule has 34 heavy (non-hydrogen) atoms. The summed E-state index contributed by atoms with van der Waals surface area (Å²) in [5.41, 5.74) is 2.91. The van der Waals surface area contributed by atoms with Crippen LogP contribution < -0.4 is 5.32 Å². The molecular formula is C24H20FN5O3S. The molecule has 0 aliphatic rings. The molecule has 1 aromatic heterocycles. The third-order valence-electron chi connectivity index (χ3n) is 5.10. The molecule has 0 bridgehead atoms. The Morgan fingerprint density at radius 1 is 1.06 bits per heavy atom. The van der Waals surface area contributed by atoms with Crippen LogP contribution >= 0.6 is 11.8 Å². The number of rotatable bonds is 8. The molecule has 1 N–H and O–H groups in total. The van der Waals surface area contributed by atoms with Crippen molar-refractivity contribution in [2.75, 3.05) is 0 Å². The Bertz CT molecular complexity index is 1320. The minimum atomic E-state index is -0.469. The predicted octanol–water partition coefficient (Wildman–Crippen LogP) is 4.85. The lowest BCUT2D eigenvalue weighted by Crippen LogP contribution is -2.25. The smallest absolute Gasteiger partial charge is 0.269 e. The summed E-state index contributed by atoms with van der Waals surface area (Å²) in [4.78, 5) is 23.3. The second-order valence-electron chi connectivity index (χ2n) is 7.42. The van der Waals surface area contributed by atoms with Crippen LogP contribution in [0.15, 0.2) is 78.0 Å². The number of amides is 1. The molecule has 8 nitrogen and oxygen atoms in total. The number of hydrogen-bond acceptors (Lipinski definition) is 6. The van der Waals surface area contributed by atoms with Crippen LogP contribution in [0.25, 0.3) is 5.69 Å². The quantitative estimate of drug-likeness (QED) is 0.221. The number of aromatic nitrogens is 3. The van der Waals surface area contributed by atoms with Crippen LogP contribution in [0.1, 0.15) is 27.3 Å². The Morgan fingerprint density at radius 2 is 1.76 bits per heavy atom. The number of nitro groups is 1. The van der Waals surface area contributed by atoms with E-state index in [1.165, 1.54) is 36.0 Å². The number of nitrogens with zero attached hydrogens (tertiary/aromatic N) is 4. The van der Waals surface area contributed by atoms with E-state index >= 15 is 0 Å². The zero-order valence-corrected chi connectivity index (χ0v) is 19.0. The number of carbonyl (C=O) groups excluding carboxylic acids is 1. The van der Waals surface area contributed by atoms with E-state index in [0.717, 1.165) is 11.1 Å². The van der Waals surface area contributed by atoms with Gasteiger partial charge in [0.25, 0.3) is 11.6 Å². The molecule has 1 heterocycles. The normalized spacial score (nSPS) is 10.8. The zero-order valence-electron chi connectivity index (χ0n) is 18.1. The SMILES string of the molecule is Cc1ccccc1C(=O)NCc1nnc(SCc2ccc(F)cc2)n1-c1ccc([N+](=O)[O-])cc1. The van der Waals surface area contributed by atoms with Crippen molar-refractivity contribution in [1.29, 1.82) is 0 Å². The molecule has 0 unspecified atom stereocenters. The highest BCUT2D eigenvalue weighted by Crippen LogP contribution is 2.26. The number of carbonyl (C=O) groups is 1. The molecular weight excluding hydrogens is 457 g/mol. The highest BCUT2D eigenvalue weighted by molar-refractivity contribution is 7.98. The number of aryl methyl sites for hydroxylation is 1. The number of benzene rings is 3. The summed E-state index contributed by atoms with van der Waals surface area (Å²) in [6.45, 7) is 1.97. The van der Waals surface area contributed by atoms with Gasteiger partial charge in [0.05, 0.1) is 11.5 Å². The van der Waals surface area contributed by atoms with Crippen LogP contribution in [0.5, 0.6) is 0 Å². The van der Waals surface area contributed by atoms with Gasteiger partial charge in [-0.05, 0) is 48.4 Å². The topological polar surface area (TPSA) is 103 Å². The molecule has 0 radical (unpaired) electrons. The molecule has 0 fully saturated rings. The zero-order chi connectivity index (χ0) is 24.1. The summed E-state index contributed by atoms with van der Waals surface area (Å²) < 4.78 is 15.0. The maximum atomic E-state index is 13.2. The van der Waals surface area contributed by atoms with E-state index in [9.17, 15) is 19.3 Å². The molecule has 1 amide bonds. The number of thioether (sulfide) groups is 1. The lowest BCUT2D eigenvalue weighted by atomic mass is 10.1. The van der Waals surface area contributed by atoms with Crippen LogP contribution in [0.3, 0.4) is 0 Å².